The van der Waals surface area contributed by atoms with Crippen LogP contribution in [0.5, 0.6) is 0 Å². The van der Waals surface area contributed by atoms with Gasteiger partial charge in [0.2, 0.25) is 0 Å². The van der Waals surface area contributed by atoms with E-state index in [2.05, 4.69) is 10.4 Å². The molecule has 0 N–H and O–H groups in total. The molecule has 3 rings (SSSR count). The quantitative estimate of drug-likeness (QED) is 0.727. The molecule has 1 aromatic heterocycles. The summed E-state index contributed by atoms with van der Waals surface area (Å²) in [5, 5.41) is 3.12. The largest absolute Gasteiger partial charge is 0.338 e. The normalized spacial score (nSPS) is 19.0. The lowest BCUT2D eigenvalue weighted by Gasteiger charge is -2.23. The van der Waals surface area contributed by atoms with Crippen molar-refractivity contribution < 1.29 is 13.2 Å². The first kappa shape index (κ1) is 18.4. The molecule has 1 amide bonds. The number of amides is 1. The average molecular weight is 397 g/mol. The SMILES string of the molecule is Cc1nc(CSc2ccc(C(=O)N(C)C3CCS(=O)(=O)C3)cc2)cs1. The smallest absolute Gasteiger partial charge is 0.253 e. The highest BCUT2D eigenvalue weighted by Crippen LogP contribution is 2.25. The minimum Gasteiger partial charge on any atom is -0.338 e. The molecule has 5 nitrogen and oxygen atoms in total. The van der Waals surface area contributed by atoms with E-state index in [9.17, 15) is 13.2 Å². The molecule has 1 unspecified atom stereocenters. The zero-order chi connectivity index (χ0) is 18.0. The van der Waals surface area contributed by atoms with Crippen LogP contribution in [0.15, 0.2) is 34.5 Å². The Kier molecular flexibility index (Phi) is 5.50. The number of thioether (sulfide) groups is 1. The molecule has 1 saturated heterocycles. The van der Waals surface area contributed by atoms with Gasteiger partial charge < -0.3 is 4.90 Å². The Balaban J connectivity index is 1.60. The van der Waals surface area contributed by atoms with Gasteiger partial charge in [0.25, 0.3) is 5.91 Å². The van der Waals surface area contributed by atoms with E-state index in [-0.39, 0.29) is 23.5 Å². The van der Waals surface area contributed by atoms with Gasteiger partial charge in [0.1, 0.15) is 0 Å². The van der Waals surface area contributed by atoms with Gasteiger partial charge in [0, 0.05) is 34.7 Å². The Labute approximate surface area is 156 Å². The lowest BCUT2D eigenvalue weighted by molar-refractivity contribution is 0.0747. The number of hydrogen-bond acceptors (Lipinski definition) is 6. The molecule has 8 heteroatoms. The van der Waals surface area contributed by atoms with Gasteiger partial charge in [-0.1, -0.05) is 0 Å². The van der Waals surface area contributed by atoms with Crippen LogP contribution in [0.3, 0.4) is 0 Å². The van der Waals surface area contributed by atoms with Crippen LogP contribution in [0.1, 0.15) is 27.5 Å². The third-order valence-corrected chi connectivity index (χ3v) is 7.85. The van der Waals surface area contributed by atoms with Crippen molar-refractivity contribution >= 4 is 38.8 Å². The number of benzene rings is 1. The summed E-state index contributed by atoms with van der Waals surface area (Å²) in [5.74, 6) is 0.906. The number of aryl methyl sites for hydroxylation is 1. The van der Waals surface area contributed by atoms with E-state index in [0.29, 0.717) is 12.0 Å². The maximum absolute atomic E-state index is 12.6. The highest BCUT2D eigenvalue weighted by molar-refractivity contribution is 7.98. The number of hydrogen-bond donors (Lipinski definition) is 0. The Hall–Kier alpha value is -1.38. The van der Waals surface area contributed by atoms with Crippen LogP contribution in [0.4, 0.5) is 0 Å². The summed E-state index contributed by atoms with van der Waals surface area (Å²) >= 11 is 3.32. The van der Waals surface area contributed by atoms with Crippen molar-refractivity contribution in [2.24, 2.45) is 0 Å². The molecule has 134 valence electrons. The Bertz CT molecular complexity index is 860. The van der Waals surface area contributed by atoms with Crippen LogP contribution < -0.4 is 0 Å². The molecule has 1 aliphatic heterocycles. The third-order valence-electron chi connectivity index (χ3n) is 4.23. The van der Waals surface area contributed by atoms with Crippen molar-refractivity contribution in [3.8, 4) is 0 Å². The summed E-state index contributed by atoms with van der Waals surface area (Å²) < 4.78 is 23.2. The van der Waals surface area contributed by atoms with Crippen LogP contribution in [-0.2, 0) is 15.6 Å². The highest BCUT2D eigenvalue weighted by Gasteiger charge is 2.32. The van der Waals surface area contributed by atoms with Crippen molar-refractivity contribution in [3.05, 3.63) is 45.9 Å². The van der Waals surface area contributed by atoms with E-state index in [4.69, 9.17) is 0 Å². The van der Waals surface area contributed by atoms with E-state index >= 15 is 0 Å². The van der Waals surface area contributed by atoms with E-state index < -0.39 is 9.84 Å². The fourth-order valence-electron chi connectivity index (χ4n) is 2.78. The van der Waals surface area contributed by atoms with Crippen molar-refractivity contribution in [1.29, 1.82) is 0 Å². The first-order valence-corrected chi connectivity index (χ1v) is 11.6. The van der Waals surface area contributed by atoms with Crippen LogP contribution in [0.2, 0.25) is 0 Å². The maximum atomic E-state index is 12.6. The summed E-state index contributed by atoms with van der Waals surface area (Å²) in [6.07, 6.45) is 0.519. The number of sulfone groups is 1. The van der Waals surface area contributed by atoms with Crippen LogP contribution in [0, 0.1) is 6.92 Å². The van der Waals surface area contributed by atoms with Crippen molar-refractivity contribution in [2.75, 3.05) is 18.6 Å². The second-order valence-corrected chi connectivity index (χ2v) is 10.5. The van der Waals surface area contributed by atoms with E-state index in [1.807, 2.05) is 19.1 Å². The molecule has 0 aliphatic carbocycles. The average Bonchev–Trinajstić information content (AvgIpc) is 3.17. The van der Waals surface area contributed by atoms with Crippen molar-refractivity contribution in [1.82, 2.24) is 9.88 Å². The third kappa shape index (κ3) is 4.62. The molecule has 2 heterocycles. The number of aromatic nitrogens is 1. The molecular weight excluding hydrogens is 376 g/mol. The Morgan fingerprint density at radius 3 is 2.64 bits per heavy atom. The van der Waals surface area contributed by atoms with Gasteiger partial charge in [-0.3, -0.25) is 4.79 Å². The number of thiazole rings is 1. The standard InChI is InChI=1S/C17H20N2O3S3/c1-12-18-14(9-23-12)10-24-16-5-3-13(4-6-16)17(20)19(2)15-7-8-25(21,22)11-15/h3-6,9,15H,7-8,10-11H2,1-2H3. The predicted octanol–water partition coefficient (Wildman–Crippen LogP) is 3.00. The predicted molar refractivity (Wildman–Crippen MR) is 102 cm³/mol. The fourth-order valence-corrected chi connectivity index (χ4v) is 6.06. The number of rotatable bonds is 5. The topological polar surface area (TPSA) is 67.3 Å². The number of carbonyl (C=O) groups excluding carboxylic acids is 1. The summed E-state index contributed by atoms with van der Waals surface area (Å²) in [4.78, 5) is 19.6. The molecule has 1 atom stereocenters. The van der Waals surface area contributed by atoms with Crippen molar-refractivity contribution in [3.63, 3.8) is 0 Å². The first-order valence-electron chi connectivity index (χ1n) is 7.95. The van der Waals surface area contributed by atoms with Crippen LogP contribution in [0.25, 0.3) is 0 Å². The summed E-state index contributed by atoms with van der Waals surface area (Å²) in [7, 11) is -1.32. The fraction of sp³-hybridized carbons (Fsp3) is 0.412. The molecule has 0 bridgehead atoms. The summed E-state index contributed by atoms with van der Waals surface area (Å²) in [6, 6.07) is 7.24. The molecule has 2 aromatic rings. The Morgan fingerprint density at radius 2 is 2.08 bits per heavy atom. The number of carbonyl (C=O) groups is 1. The minimum absolute atomic E-state index is 0.0657. The van der Waals surface area contributed by atoms with Gasteiger partial charge in [0.05, 0.1) is 22.2 Å². The lowest BCUT2D eigenvalue weighted by Crippen LogP contribution is -2.37. The molecule has 0 spiro atoms. The summed E-state index contributed by atoms with van der Waals surface area (Å²) in [6.45, 7) is 1.99. The van der Waals surface area contributed by atoms with Gasteiger partial charge in [-0.2, -0.15) is 0 Å². The molecule has 1 fully saturated rings. The van der Waals surface area contributed by atoms with Gasteiger partial charge in [0.15, 0.2) is 9.84 Å². The van der Waals surface area contributed by atoms with Gasteiger partial charge >= 0.3 is 0 Å². The lowest BCUT2D eigenvalue weighted by atomic mass is 10.1. The van der Waals surface area contributed by atoms with Crippen LogP contribution in [-0.4, -0.2) is 48.8 Å². The Morgan fingerprint density at radius 1 is 1.36 bits per heavy atom. The van der Waals surface area contributed by atoms with Crippen molar-refractivity contribution in [2.45, 2.75) is 30.0 Å². The molecule has 1 aromatic carbocycles. The maximum Gasteiger partial charge on any atom is 0.253 e. The van der Waals surface area contributed by atoms with Gasteiger partial charge in [-0.15, -0.1) is 23.1 Å². The highest BCUT2D eigenvalue weighted by atomic mass is 32.2. The summed E-state index contributed by atoms with van der Waals surface area (Å²) in [5.41, 5.74) is 1.65. The van der Waals surface area contributed by atoms with Gasteiger partial charge in [-0.05, 0) is 37.6 Å². The molecule has 25 heavy (non-hydrogen) atoms. The molecular formula is C17H20N2O3S3. The molecule has 0 saturated carbocycles. The minimum atomic E-state index is -3.00. The van der Waals surface area contributed by atoms with Crippen LogP contribution >= 0.6 is 23.1 Å². The molecule has 1 aliphatic rings. The second kappa shape index (κ2) is 7.47. The molecule has 0 radical (unpaired) electrons. The van der Waals surface area contributed by atoms with E-state index in [0.717, 1.165) is 21.3 Å². The second-order valence-electron chi connectivity index (χ2n) is 6.14. The van der Waals surface area contributed by atoms with E-state index in [1.165, 1.54) is 0 Å². The monoisotopic (exact) mass is 396 g/mol. The zero-order valence-electron chi connectivity index (χ0n) is 14.1. The van der Waals surface area contributed by atoms with E-state index in [1.54, 1.807) is 47.2 Å². The zero-order valence-corrected chi connectivity index (χ0v) is 16.6. The first-order chi connectivity index (χ1) is 11.8. The number of nitrogens with zero attached hydrogens (tertiary/aromatic N) is 2. The van der Waals surface area contributed by atoms with Gasteiger partial charge in [-0.25, -0.2) is 13.4 Å².